The first-order chi connectivity index (χ1) is 13.5. The van der Waals surface area contributed by atoms with E-state index in [-0.39, 0.29) is 23.4 Å². The molecule has 4 heteroatoms. The highest BCUT2D eigenvalue weighted by Gasteiger charge is 2.24. The molecule has 4 nitrogen and oxygen atoms in total. The van der Waals surface area contributed by atoms with Gasteiger partial charge in [-0.2, -0.15) is 0 Å². The van der Waals surface area contributed by atoms with Crippen molar-refractivity contribution >= 4 is 17.5 Å². The predicted octanol–water partition coefficient (Wildman–Crippen LogP) is 6.04. The second kappa shape index (κ2) is 9.17. The first kappa shape index (κ1) is 22.5. The van der Waals surface area contributed by atoms with E-state index in [1.54, 1.807) is 36.4 Å². The summed E-state index contributed by atoms with van der Waals surface area (Å²) in [6.45, 7) is 14.4. The molecule has 2 N–H and O–H groups in total. The van der Waals surface area contributed by atoms with E-state index in [1.165, 1.54) is 0 Å². The second-order valence-electron chi connectivity index (χ2n) is 8.76. The third-order valence-electron chi connectivity index (χ3n) is 4.28. The summed E-state index contributed by atoms with van der Waals surface area (Å²) in [5, 5.41) is 0. The fraction of sp³-hybridized carbons (Fsp3) is 0.400. The first-order valence-corrected chi connectivity index (χ1v) is 10.1. The Hall–Kier alpha value is -2.75. The van der Waals surface area contributed by atoms with E-state index in [1.807, 2.05) is 33.8 Å². The van der Waals surface area contributed by atoms with E-state index in [4.69, 9.17) is 15.2 Å². The van der Waals surface area contributed by atoms with E-state index < -0.39 is 0 Å². The van der Waals surface area contributed by atoms with E-state index in [0.717, 1.165) is 16.9 Å². The Balaban J connectivity index is 2.57. The summed E-state index contributed by atoms with van der Waals surface area (Å²) in [6, 6.07) is 10.9. The summed E-state index contributed by atoms with van der Waals surface area (Å²) in [5.41, 5.74) is 8.66. The Kier molecular flexibility index (Phi) is 7.12. The Morgan fingerprint density at radius 2 is 1.52 bits per heavy atom. The molecule has 0 radical (unpaired) electrons. The zero-order valence-corrected chi connectivity index (χ0v) is 18.6. The van der Waals surface area contributed by atoms with Crippen LogP contribution in [0.3, 0.4) is 0 Å². The minimum absolute atomic E-state index is 0.00216. The molecule has 0 aromatic heterocycles. The topological polar surface area (TPSA) is 61.5 Å². The van der Waals surface area contributed by atoms with Crippen molar-refractivity contribution in [1.82, 2.24) is 0 Å². The lowest BCUT2D eigenvalue weighted by Gasteiger charge is -2.27. The summed E-state index contributed by atoms with van der Waals surface area (Å²) in [6.07, 6.45) is 3.35. The number of hydrogen-bond donors (Lipinski definition) is 1. The molecule has 0 heterocycles. The molecule has 29 heavy (non-hydrogen) atoms. The average molecular weight is 396 g/mol. The van der Waals surface area contributed by atoms with Gasteiger partial charge in [0.15, 0.2) is 5.78 Å². The van der Waals surface area contributed by atoms with Gasteiger partial charge in [0, 0.05) is 16.8 Å². The maximum absolute atomic E-state index is 12.7. The monoisotopic (exact) mass is 395 g/mol. The molecule has 0 spiro atoms. The van der Waals surface area contributed by atoms with Crippen molar-refractivity contribution in [3.05, 3.63) is 59.2 Å². The van der Waals surface area contributed by atoms with Crippen molar-refractivity contribution in [2.45, 2.75) is 66.1 Å². The third kappa shape index (κ3) is 6.11. The van der Waals surface area contributed by atoms with Crippen LogP contribution in [0.1, 0.15) is 70.0 Å². The number of anilines is 1. The highest BCUT2D eigenvalue weighted by atomic mass is 16.5. The highest BCUT2D eigenvalue weighted by molar-refractivity contribution is 6.07. The molecule has 2 aromatic carbocycles. The number of hydrogen-bond acceptors (Lipinski definition) is 4. The molecule has 156 valence electrons. The molecule has 0 atom stereocenters. The molecule has 0 amide bonds. The Morgan fingerprint density at radius 3 is 2.03 bits per heavy atom. The maximum Gasteiger partial charge on any atom is 0.185 e. The number of nitrogen functional groups attached to an aromatic ring is 1. The predicted molar refractivity (Wildman–Crippen MR) is 121 cm³/mol. The number of benzene rings is 2. The number of carbonyl (C=O) groups is 1. The van der Waals surface area contributed by atoms with Crippen molar-refractivity contribution in [3.8, 4) is 11.5 Å². The molecule has 2 aromatic rings. The molecule has 0 aliphatic carbocycles. The minimum atomic E-state index is -0.121. The summed E-state index contributed by atoms with van der Waals surface area (Å²) >= 11 is 0. The van der Waals surface area contributed by atoms with Gasteiger partial charge in [-0.1, -0.05) is 26.8 Å². The number of nitrogens with two attached hydrogens (primary N) is 1. The molecule has 2 rings (SSSR count). The van der Waals surface area contributed by atoms with Crippen LogP contribution in [0.2, 0.25) is 0 Å². The van der Waals surface area contributed by atoms with Crippen LogP contribution < -0.4 is 15.2 Å². The van der Waals surface area contributed by atoms with Gasteiger partial charge < -0.3 is 15.2 Å². The lowest BCUT2D eigenvalue weighted by atomic mass is 9.84. The second-order valence-corrected chi connectivity index (χ2v) is 8.76. The van der Waals surface area contributed by atoms with Gasteiger partial charge in [-0.05, 0) is 75.6 Å². The normalized spacial score (nSPS) is 12.0. The number of rotatable bonds is 7. The van der Waals surface area contributed by atoms with Gasteiger partial charge >= 0.3 is 0 Å². The number of ether oxygens (including phenoxy) is 2. The minimum Gasteiger partial charge on any atom is -0.490 e. The summed E-state index contributed by atoms with van der Waals surface area (Å²) < 4.78 is 12.2. The quantitative estimate of drug-likeness (QED) is 0.353. The van der Waals surface area contributed by atoms with Crippen LogP contribution in [0.5, 0.6) is 11.5 Å². The van der Waals surface area contributed by atoms with Crippen LogP contribution in [0.4, 0.5) is 5.69 Å². The molecular weight excluding hydrogens is 362 g/mol. The van der Waals surface area contributed by atoms with Gasteiger partial charge in [-0.25, -0.2) is 0 Å². The fourth-order valence-corrected chi connectivity index (χ4v) is 2.95. The summed E-state index contributed by atoms with van der Waals surface area (Å²) in [5.74, 6) is 1.36. The molecule has 0 aliphatic rings. The van der Waals surface area contributed by atoms with Crippen molar-refractivity contribution in [2.24, 2.45) is 0 Å². The van der Waals surface area contributed by atoms with Gasteiger partial charge in [0.2, 0.25) is 0 Å². The van der Waals surface area contributed by atoms with E-state index in [9.17, 15) is 4.79 Å². The van der Waals surface area contributed by atoms with Gasteiger partial charge in [0.25, 0.3) is 0 Å². The van der Waals surface area contributed by atoms with Crippen LogP contribution in [0.25, 0.3) is 6.08 Å². The molecule has 0 aliphatic heterocycles. The Morgan fingerprint density at radius 1 is 0.931 bits per heavy atom. The SMILES string of the molecule is CC(C)Oc1ccc(C(C)(C)C)c(OC(C)C)c1C=CC(=O)c1ccc(N)cc1. The molecule has 0 fully saturated rings. The Labute approximate surface area is 174 Å². The van der Waals surface area contributed by atoms with Gasteiger partial charge in [-0.3, -0.25) is 4.79 Å². The van der Waals surface area contributed by atoms with E-state index in [0.29, 0.717) is 17.0 Å². The van der Waals surface area contributed by atoms with Crippen molar-refractivity contribution in [3.63, 3.8) is 0 Å². The average Bonchev–Trinajstić information content (AvgIpc) is 2.59. The van der Waals surface area contributed by atoms with E-state index in [2.05, 4.69) is 26.8 Å². The van der Waals surface area contributed by atoms with E-state index >= 15 is 0 Å². The fourth-order valence-electron chi connectivity index (χ4n) is 2.95. The smallest absolute Gasteiger partial charge is 0.185 e. The zero-order chi connectivity index (χ0) is 21.8. The van der Waals surface area contributed by atoms with Crippen LogP contribution in [-0.4, -0.2) is 18.0 Å². The summed E-state index contributed by atoms with van der Waals surface area (Å²) in [4.78, 5) is 12.7. The van der Waals surface area contributed by atoms with Crippen LogP contribution in [0.15, 0.2) is 42.5 Å². The van der Waals surface area contributed by atoms with Crippen molar-refractivity contribution in [2.75, 3.05) is 5.73 Å². The number of carbonyl (C=O) groups excluding carboxylic acids is 1. The molecule has 0 bridgehead atoms. The molecule has 0 saturated heterocycles. The van der Waals surface area contributed by atoms with Gasteiger partial charge in [0.1, 0.15) is 11.5 Å². The van der Waals surface area contributed by atoms with Gasteiger partial charge in [-0.15, -0.1) is 0 Å². The van der Waals surface area contributed by atoms with Crippen LogP contribution in [0, 0.1) is 0 Å². The first-order valence-electron chi connectivity index (χ1n) is 10.1. The summed E-state index contributed by atoms with van der Waals surface area (Å²) in [7, 11) is 0. The zero-order valence-electron chi connectivity index (χ0n) is 18.6. The molecule has 0 saturated carbocycles. The van der Waals surface area contributed by atoms with Gasteiger partial charge in [0.05, 0.1) is 17.8 Å². The standard InChI is InChI=1S/C25H33NO3/c1-16(2)28-23-15-13-21(25(5,6)7)24(29-17(3)4)20(23)12-14-22(27)18-8-10-19(26)11-9-18/h8-17H,26H2,1-7H3. The van der Waals surface area contributed by atoms with Crippen molar-refractivity contribution < 1.29 is 14.3 Å². The maximum atomic E-state index is 12.7. The van der Waals surface area contributed by atoms with Crippen LogP contribution >= 0.6 is 0 Å². The van der Waals surface area contributed by atoms with Crippen molar-refractivity contribution in [1.29, 1.82) is 0 Å². The lowest BCUT2D eigenvalue weighted by Crippen LogP contribution is -2.18. The third-order valence-corrected chi connectivity index (χ3v) is 4.28. The number of allylic oxidation sites excluding steroid dienone is 1. The van der Waals surface area contributed by atoms with Crippen LogP contribution in [-0.2, 0) is 5.41 Å². The Bertz CT molecular complexity index is 872. The highest BCUT2D eigenvalue weighted by Crippen LogP contribution is 2.40. The largest absolute Gasteiger partial charge is 0.490 e. The lowest BCUT2D eigenvalue weighted by molar-refractivity contribution is 0.104. The molecular formula is C25H33NO3. The molecule has 0 unspecified atom stereocenters. The number of ketones is 1.